The number of aromatic nitrogens is 2. The van der Waals surface area contributed by atoms with Crippen molar-refractivity contribution < 1.29 is 37.4 Å². The number of halogens is 4. The zero-order valence-corrected chi connectivity index (χ0v) is 27.9. The molecular weight excluding hydrogens is 689 g/mol. The molecule has 252 valence electrons. The minimum atomic E-state index is -0.633. The molecule has 4 aromatic carbocycles. The van der Waals surface area contributed by atoms with Crippen LogP contribution in [0.25, 0.3) is 11.4 Å². The van der Waals surface area contributed by atoms with Crippen LogP contribution in [0, 0.1) is 11.6 Å². The number of benzene rings is 4. The Morgan fingerprint density at radius 1 is 0.640 bits per heavy atom. The molecule has 50 heavy (non-hydrogen) atoms. The quantitative estimate of drug-likeness (QED) is 0.104. The summed E-state index contributed by atoms with van der Waals surface area (Å²) in [6, 6.07) is 22.7. The summed E-state index contributed by atoms with van der Waals surface area (Å²) >= 11 is 12.1. The summed E-state index contributed by atoms with van der Waals surface area (Å²) in [7, 11) is 2.60. The number of carbonyl (C=O) groups is 4. The van der Waals surface area contributed by atoms with Gasteiger partial charge in [0.15, 0.2) is 47.3 Å². The van der Waals surface area contributed by atoms with Crippen LogP contribution in [0.4, 0.5) is 8.78 Å². The lowest BCUT2D eigenvalue weighted by atomic mass is 10.00. The molecule has 12 heteroatoms. The minimum Gasteiger partial charge on any atom is -0.493 e. The van der Waals surface area contributed by atoms with Crippen LogP contribution in [0.3, 0.4) is 0 Å². The molecule has 2 aromatic heterocycles. The molecule has 0 spiro atoms. The van der Waals surface area contributed by atoms with Crippen molar-refractivity contribution in [2.45, 2.75) is 0 Å². The van der Waals surface area contributed by atoms with E-state index >= 15 is 0 Å². The molecule has 0 radical (unpaired) electrons. The van der Waals surface area contributed by atoms with Gasteiger partial charge in [-0.15, -0.1) is 0 Å². The van der Waals surface area contributed by atoms with Gasteiger partial charge in [-0.1, -0.05) is 35.3 Å². The average Bonchev–Trinajstić information content (AvgIpc) is 3.81. The van der Waals surface area contributed by atoms with E-state index in [1.54, 1.807) is 70.2 Å². The molecule has 0 amide bonds. The van der Waals surface area contributed by atoms with Crippen LogP contribution in [-0.4, -0.2) is 47.5 Å². The second-order valence-electron chi connectivity index (χ2n) is 10.5. The number of hydrogen-bond donors (Lipinski definition) is 0. The van der Waals surface area contributed by atoms with Crippen molar-refractivity contribution in [3.05, 3.63) is 165 Å². The first kappa shape index (κ1) is 35.5. The molecule has 6 aromatic rings. The zero-order valence-electron chi connectivity index (χ0n) is 26.4. The van der Waals surface area contributed by atoms with Crippen LogP contribution in [0.5, 0.6) is 11.5 Å². The first-order valence-corrected chi connectivity index (χ1v) is 15.5. The Labute approximate surface area is 295 Å². The predicted octanol–water partition coefficient (Wildman–Crippen LogP) is 8.64. The fourth-order valence-electron chi connectivity index (χ4n) is 5.24. The number of ether oxygens (including phenoxy) is 2. The monoisotopic (exact) mass is 714 g/mol. The first-order chi connectivity index (χ1) is 24.1. The normalized spacial score (nSPS) is 10.5. The van der Waals surface area contributed by atoms with Crippen molar-refractivity contribution in [3.63, 3.8) is 0 Å². The van der Waals surface area contributed by atoms with Crippen LogP contribution in [0.1, 0.15) is 52.7 Å². The van der Waals surface area contributed by atoms with Crippen LogP contribution >= 0.6 is 23.2 Å². The van der Waals surface area contributed by atoms with Crippen LogP contribution in [-0.2, 0) is 0 Å². The average molecular weight is 716 g/mol. The number of nitrogens with zero attached hydrogens (tertiary/aromatic N) is 2. The highest BCUT2D eigenvalue weighted by molar-refractivity contribution is 6.31. The maximum absolute atomic E-state index is 13.9. The smallest absolute Gasteiger partial charge is 0.199 e. The predicted molar refractivity (Wildman–Crippen MR) is 185 cm³/mol. The molecule has 0 bridgehead atoms. The first-order valence-electron chi connectivity index (χ1n) is 14.7. The number of carbonyl (C=O) groups excluding carboxylic acids is 4. The van der Waals surface area contributed by atoms with E-state index in [9.17, 15) is 28.0 Å². The maximum atomic E-state index is 13.9. The van der Waals surface area contributed by atoms with E-state index in [1.165, 1.54) is 62.8 Å². The molecule has 0 aliphatic rings. The van der Waals surface area contributed by atoms with Gasteiger partial charge >= 0.3 is 0 Å². The van der Waals surface area contributed by atoms with Gasteiger partial charge < -0.3 is 18.6 Å². The number of rotatable bonds is 10. The summed E-state index contributed by atoms with van der Waals surface area (Å²) in [4.78, 5) is 48.2. The van der Waals surface area contributed by atoms with Gasteiger partial charge in [0.2, 0.25) is 0 Å². The van der Waals surface area contributed by atoms with Crippen molar-refractivity contribution in [1.82, 2.24) is 9.13 Å². The number of ketones is 2. The van der Waals surface area contributed by atoms with E-state index in [0.717, 1.165) is 0 Å². The summed E-state index contributed by atoms with van der Waals surface area (Å²) < 4.78 is 41.2. The third kappa shape index (κ3) is 7.26. The fraction of sp³-hybridized carbons (Fsp3) is 0.0526. The van der Waals surface area contributed by atoms with Crippen molar-refractivity contribution >= 4 is 47.3 Å². The lowest BCUT2D eigenvalue weighted by Gasteiger charge is -2.14. The van der Waals surface area contributed by atoms with Gasteiger partial charge in [0, 0.05) is 45.3 Å². The summed E-state index contributed by atoms with van der Waals surface area (Å²) in [5.74, 6) is -2.41. The van der Waals surface area contributed by atoms with Gasteiger partial charge in [-0.05, 0) is 78.9 Å². The summed E-state index contributed by atoms with van der Waals surface area (Å²) in [5.41, 5.74) is 2.50. The molecule has 6 rings (SSSR count). The minimum absolute atomic E-state index is 0.0748. The van der Waals surface area contributed by atoms with Crippen molar-refractivity contribution in [1.29, 1.82) is 0 Å². The summed E-state index contributed by atoms with van der Waals surface area (Å²) in [6.45, 7) is 0. The Balaban J connectivity index is 0.000000194. The third-order valence-electron chi connectivity index (χ3n) is 7.53. The van der Waals surface area contributed by atoms with Crippen LogP contribution in [0.2, 0.25) is 10.0 Å². The summed E-state index contributed by atoms with van der Waals surface area (Å²) in [6.07, 6.45) is 6.31. The molecule has 0 fully saturated rings. The standard InChI is InChI=1S/2C19H13ClFNO3/c1-25-19-14(5-2-6-16(19)21)18(24)15-10-12(20)7-8-17(15)22-9-3-4-13(22)11-23;1-25-19-14(3-2-4-16(19)21)18(24)15-9-13(20)5-6-17(15)22-8-7-12(10-22)11-23/h2*2-11H,1H3. The number of hydrogen-bond acceptors (Lipinski definition) is 6. The zero-order chi connectivity index (χ0) is 35.9. The maximum Gasteiger partial charge on any atom is 0.199 e. The highest BCUT2D eigenvalue weighted by atomic mass is 35.5. The largest absolute Gasteiger partial charge is 0.493 e. The second kappa shape index (κ2) is 15.6. The molecule has 0 saturated heterocycles. The van der Waals surface area contributed by atoms with E-state index in [0.29, 0.717) is 45.2 Å². The Morgan fingerprint density at radius 2 is 1.18 bits per heavy atom. The van der Waals surface area contributed by atoms with Crippen molar-refractivity contribution in [2.75, 3.05) is 14.2 Å². The Bertz CT molecular complexity index is 2240. The highest BCUT2D eigenvalue weighted by Gasteiger charge is 2.23. The van der Waals surface area contributed by atoms with Gasteiger partial charge in [-0.25, -0.2) is 8.78 Å². The lowest BCUT2D eigenvalue weighted by Crippen LogP contribution is -2.10. The van der Waals surface area contributed by atoms with Gasteiger partial charge in [0.1, 0.15) is 0 Å². The molecule has 8 nitrogen and oxygen atoms in total. The fourth-order valence-corrected chi connectivity index (χ4v) is 5.58. The van der Waals surface area contributed by atoms with E-state index in [2.05, 4.69) is 0 Å². The van der Waals surface area contributed by atoms with E-state index < -0.39 is 23.2 Å². The Hall–Kier alpha value is -5.84. The molecule has 0 N–H and O–H groups in total. The van der Waals surface area contributed by atoms with E-state index in [1.807, 2.05) is 0 Å². The molecule has 0 aliphatic carbocycles. The molecular formula is C38H26Cl2F2N2O6. The Kier molecular flexibility index (Phi) is 11.1. The van der Waals surface area contributed by atoms with Gasteiger partial charge in [0.05, 0.1) is 42.4 Å². The van der Waals surface area contributed by atoms with Crippen LogP contribution in [0.15, 0.2) is 110 Å². The van der Waals surface area contributed by atoms with Crippen molar-refractivity contribution in [3.8, 4) is 22.9 Å². The molecule has 0 atom stereocenters. The number of methoxy groups -OCH3 is 2. The SMILES string of the molecule is COc1c(F)cccc1C(=O)c1cc(Cl)ccc1-n1ccc(C=O)c1.COc1c(F)cccc1C(=O)c1cc(Cl)ccc1-n1cccc1C=O. The van der Waals surface area contributed by atoms with Gasteiger partial charge in [-0.3, -0.25) is 19.2 Å². The van der Waals surface area contributed by atoms with Gasteiger partial charge in [-0.2, -0.15) is 0 Å². The molecule has 0 unspecified atom stereocenters. The van der Waals surface area contributed by atoms with Crippen molar-refractivity contribution in [2.24, 2.45) is 0 Å². The molecule has 2 heterocycles. The van der Waals surface area contributed by atoms with Gasteiger partial charge in [0.25, 0.3) is 0 Å². The number of aldehydes is 2. The third-order valence-corrected chi connectivity index (χ3v) is 8.00. The molecule has 0 saturated carbocycles. The second-order valence-corrected chi connectivity index (χ2v) is 11.4. The Morgan fingerprint density at radius 3 is 1.68 bits per heavy atom. The lowest BCUT2D eigenvalue weighted by molar-refractivity contribution is 0.102. The van der Waals surface area contributed by atoms with Crippen LogP contribution < -0.4 is 9.47 Å². The highest BCUT2D eigenvalue weighted by Crippen LogP contribution is 2.31. The van der Waals surface area contributed by atoms with E-state index in [4.69, 9.17) is 32.7 Å². The topological polar surface area (TPSA) is 96.6 Å². The van der Waals surface area contributed by atoms with E-state index in [-0.39, 0.29) is 33.8 Å². The molecule has 0 aliphatic heterocycles. The summed E-state index contributed by atoms with van der Waals surface area (Å²) in [5, 5.41) is 0.715. The number of para-hydroxylation sites is 2.